The second-order valence-electron chi connectivity index (χ2n) is 5.37. The Morgan fingerprint density at radius 1 is 1.20 bits per heavy atom. The third-order valence-corrected chi connectivity index (χ3v) is 4.25. The number of rotatable bonds is 2. The lowest BCUT2D eigenvalue weighted by atomic mass is 9.93. The number of halogens is 1. The zero-order valence-electron chi connectivity index (χ0n) is 11.3. The number of para-hydroxylation sites is 1. The van der Waals surface area contributed by atoms with E-state index in [1.807, 2.05) is 18.2 Å². The van der Waals surface area contributed by atoms with Gasteiger partial charge in [0.25, 0.3) is 0 Å². The average molecular weight is 330 g/mol. The van der Waals surface area contributed by atoms with E-state index in [1.165, 1.54) is 11.3 Å². The van der Waals surface area contributed by atoms with Crippen molar-refractivity contribution in [3.05, 3.63) is 58.1 Å². The lowest BCUT2D eigenvalue weighted by Gasteiger charge is -2.35. The second-order valence-corrected chi connectivity index (χ2v) is 6.29. The summed E-state index contributed by atoms with van der Waals surface area (Å²) in [5, 5.41) is 0. The van der Waals surface area contributed by atoms with Crippen molar-refractivity contribution in [2.24, 2.45) is 5.92 Å². The molecule has 0 N–H and O–H groups in total. The quantitative estimate of drug-likeness (QED) is 0.751. The number of fused-ring (bicyclic) bond motifs is 1. The van der Waals surface area contributed by atoms with Gasteiger partial charge in [0.05, 0.1) is 5.69 Å². The molecule has 0 saturated heterocycles. The molecule has 0 spiro atoms. The van der Waals surface area contributed by atoms with Crippen molar-refractivity contribution >= 4 is 33.6 Å². The fourth-order valence-corrected chi connectivity index (χ4v) is 3.22. The zero-order chi connectivity index (χ0) is 14.1. The van der Waals surface area contributed by atoms with Crippen molar-refractivity contribution in [3.63, 3.8) is 0 Å². The maximum absolute atomic E-state index is 11.3. The van der Waals surface area contributed by atoms with Crippen LogP contribution in [0.1, 0.15) is 22.8 Å². The summed E-state index contributed by atoms with van der Waals surface area (Å²) in [7, 11) is 0. The highest BCUT2D eigenvalue weighted by Gasteiger charge is 2.24. The van der Waals surface area contributed by atoms with Gasteiger partial charge in [0.2, 0.25) is 0 Å². The molecule has 0 saturated carbocycles. The summed E-state index contributed by atoms with van der Waals surface area (Å²) in [6.07, 6.45) is 2.03. The molecule has 3 rings (SSSR count). The van der Waals surface area contributed by atoms with Crippen LogP contribution in [-0.2, 0) is 6.42 Å². The first-order valence-corrected chi connectivity index (χ1v) is 7.58. The van der Waals surface area contributed by atoms with Crippen LogP contribution in [0.2, 0.25) is 0 Å². The molecule has 20 heavy (non-hydrogen) atoms. The third kappa shape index (κ3) is 2.38. The standard InChI is InChI=1S/C17H16BrNO/c1-12-8-13-4-2-3-5-16(13)19(10-12)17-9-15(18)7-6-14(17)11-20/h2-7,9,11-12H,8,10H2,1H3. The Morgan fingerprint density at radius 3 is 2.80 bits per heavy atom. The number of carbonyl (C=O) groups excluding carboxylic acids is 1. The van der Waals surface area contributed by atoms with E-state index in [2.05, 4.69) is 52.0 Å². The minimum absolute atomic E-state index is 0.573. The van der Waals surface area contributed by atoms with Crippen LogP contribution >= 0.6 is 15.9 Å². The van der Waals surface area contributed by atoms with Gasteiger partial charge in [-0.25, -0.2) is 0 Å². The molecule has 102 valence electrons. The van der Waals surface area contributed by atoms with Gasteiger partial charge in [-0.3, -0.25) is 4.79 Å². The fourth-order valence-electron chi connectivity index (χ4n) is 2.88. The molecule has 0 aromatic heterocycles. The van der Waals surface area contributed by atoms with Crippen molar-refractivity contribution in [1.29, 1.82) is 0 Å². The van der Waals surface area contributed by atoms with E-state index >= 15 is 0 Å². The normalized spacial score (nSPS) is 17.7. The Morgan fingerprint density at radius 2 is 2.00 bits per heavy atom. The number of carbonyl (C=O) groups is 1. The molecule has 1 atom stereocenters. The maximum atomic E-state index is 11.3. The maximum Gasteiger partial charge on any atom is 0.152 e. The van der Waals surface area contributed by atoms with Crippen LogP contribution in [0.25, 0.3) is 0 Å². The van der Waals surface area contributed by atoms with Crippen LogP contribution in [0.5, 0.6) is 0 Å². The topological polar surface area (TPSA) is 20.3 Å². The SMILES string of the molecule is CC1Cc2ccccc2N(c2cc(Br)ccc2C=O)C1. The van der Waals surface area contributed by atoms with Gasteiger partial charge in [-0.05, 0) is 42.2 Å². The Bertz CT molecular complexity index is 653. The predicted molar refractivity (Wildman–Crippen MR) is 85.8 cm³/mol. The lowest BCUT2D eigenvalue weighted by Crippen LogP contribution is -2.31. The van der Waals surface area contributed by atoms with Gasteiger partial charge in [-0.15, -0.1) is 0 Å². The molecule has 0 aliphatic carbocycles. The van der Waals surface area contributed by atoms with Crippen molar-refractivity contribution in [2.75, 3.05) is 11.4 Å². The Hall–Kier alpha value is -1.61. The highest BCUT2D eigenvalue weighted by atomic mass is 79.9. The molecule has 0 bridgehead atoms. The molecule has 0 fully saturated rings. The number of nitrogens with zero attached hydrogens (tertiary/aromatic N) is 1. The number of benzene rings is 2. The molecule has 0 radical (unpaired) electrons. The minimum atomic E-state index is 0.573. The molecule has 2 nitrogen and oxygen atoms in total. The number of hydrogen-bond donors (Lipinski definition) is 0. The molecule has 0 amide bonds. The molecular formula is C17H16BrNO. The van der Waals surface area contributed by atoms with Crippen LogP contribution in [0.15, 0.2) is 46.9 Å². The first kappa shape index (κ1) is 13.4. The van der Waals surface area contributed by atoms with Crippen LogP contribution < -0.4 is 4.90 Å². The van der Waals surface area contributed by atoms with Crippen molar-refractivity contribution in [1.82, 2.24) is 0 Å². The van der Waals surface area contributed by atoms with Crippen LogP contribution in [0.3, 0.4) is 0 Å². The van der Waals surface area contributed by atoms with Crippen molar-refractivity contribution in [3.8, 4) is 0 Å². The zero-order valence-corrected chi connectivity index (χ0v) is 12.9. The third-order valence-electron chi connectivity index (χ3n) is 3.76. The van der Waals surface area contributed by atoms with E-state index in [0.717, 1.165) is 35.0 Å². The summed E-state index contributed by atoms with van der Waals surface area (Å²) >= 11 is 3.50. The van der Waals surface area contributed by atoms with E-state index in [-0.39, 0.29) is 0 Å². The van der Waals surface area contributed by atoms with E-state index < -0.39 is 0 Å². The molecule has 3 heteroatoms. The van der Waals surface area contributed by atoms with Gasteiger partial charge in [-0.1, -0.05) is 41.1 Å². The molecule has 1 aliphatic heterocycles. The van der Waals surface area contributed by atoms with Crippen LogP contribution in [-0.4, -0.2) is 12.8 Å². The monoisotopic (exact) mass is 329 g/mol. The summed E-state index contributed by atoms with van der Waals surface area (Å²) in [5.41, 5.74) is 4.28. The summed E-state index contributed by atoms with van der Waals surface area (Å²) in [6, 6.07) is 14.3. The number of hydrogen-bond acceptors (Lipinski definition) is 2. The highest BCUT2D eigenvalue weighted by Crippen LogP contribution is 2.37. The predicted octanol–water partition coefficient (Wildman–Crippen LogP) is 4.59. The molecular weight excluding hydrogens is 314 g/mol. The smallest absolute Gasteiger partial charge is 0.152 e. The van der Waals surface area contributed by atoms with Gasteiger partial charge >= 0.3 is 0 Å². The fraction of sp³-hybridized carbons (Fsp3) is 0.235. The molecule has 1 aliphatic rings. The first-order chi connectivity index (χ1) is 9.69. The summed E-state index contributed by atoms with van der Waals surface area (Å²) in [5.74, 6) is 0.573. The van der Waals surface area contributed by atoms with E-state index in [9.17, 15) is 4.79 Å². The van der Waals surface area contributed by atoms with Gasteiger partial charge in [-0.2, -0.15) is 0 Å². The second kappa shape index (κ2) is 5.41. The van der Waals surface area contributed by atoms with Gasteiger partial charge in [0.15, 0.2) is 6.29 Å². The minimum Gasteiger partial charge on any atom is -0.340 e. The largest absolute Gasteiger partial charge is 0.340 e. The molecule has 1 unspecified atom stereocenters. The molecule has 2 aromatic carbocycles. The number of anilines is 2. The van der Waals surface area contributed by atoms with Gasteiger partial charge in [0, 0.05) is 22.3 Å². The highest BCUT2D eigenvalue weighted by molar-refractivity contribution is 9.10. The summed E-state index contributed by atoms with van der Waals surface area (Å²) in [4.78, 5) is 13.6. The Balaban J connectivity index is 2.15. The molecule has 2 aromatic rings. The number of aldehydes is 1. The van der Waals surface area contributed by atoms with Crippen LogP contribution in [0, 0.1) is 5.92 Å². The molecule has 1 heterocycles. The summed E-state index contributed by atoms with van der Waals surface area (Å²) < 4.78 is 0.994. The van der Waals surface area contributed by atoms with E-state index in [4.69, 9.17) is 0 Å². The lowest BCUT2D eigenvalue weighted by molar-refractivity contribution is 0.112. The average Bonchev–Trinajstić information content (AvgIpc) is 2.46. The summed E-state index contributed by atoms with van der Waals surface area (Å²) in [6.45, 7) is 3.19. The van der Waals surface area contributed by atoms with Crippen molar-refractivity contribution < 1.29 is 4.79 Å². The van der Waals surface area contributed by atoms with E-state index in [1.54, 1.807) is 0 Å². The Labute approximate surface area is 127 Å². The van der Waals surface area contributed by atoms with Crippen LogP contribution in [0.4, 0.5) is 11.4 Å². The Kier molecular flexibility index (Phi) is 3.62. The van der Waals surface area contributed by atoms with Gasteiger partial charge < -0.3 is 4.90 Å². The van der Waals surface area contributed by atoms with Crippen molar-refractivity contribution in [2.45, 2.75) is 13.3 Å². The van der Waals surface area contributed by atoms with Gasteiger partial charge in [0.1, 0.15) is 0 Å². The first-order valence-electron chi connectivity index (χ1n) is 6.79. The van der Waals surface area contributed by atoms with E-state index in [0.29, 0.717) is 5.92 Å².